The van der Waals surface area contributed by atoms with Crippen molar-refractivity contribution in [3.63, 3.8) is 0 Å². The van der Waals surface area contributed by atoms with Gasteiger partial charge >= 0.3 is 0 Å². The second-order valence-corrected chi connectivity index (χ2v) is 6.31. The van der Waals surface area contributed by atoms with Crippen molar-refractivity contribution in [2.24, 2.45) is 0 Å². The highest BCUT2D eigenvalue weighted by molar-refractivity contribution is 6.10. The van der Waals surface area contributed by atoms with Crippen LogP contribution in [0.1, 0.15) is 38.1 Å². The van der Waals surface area contributed by atoms with Crippen molar-refractivity contribution in [2.45, 2.75) is 33.3 Å². The van der Waals surface area contributed by atoms with Gasteiger partial charge in [0.15, 0.2) is 5.78 Å². The molecular weight excluding hydrogens is 340 g/mol. The number of hydrogen-bond donors (Lipinski definition) is 0. The molecule has 27 heavy (non-hydrogen) atoms. The van der Waals surface area contributed by atoms with E-state index in [0.29, 0.717) is 23.5 Å². The molecule has 0 aliphatic carbocycles. The van der Waals surface area contributed by atoms with Gasteiger partial charge in [-0.3, -0.25) is 9.59 Å². The zero-order chi connectivity index (χ0) is 20.3. The summed E-state index contributed by atoms with van der Waals surface area (Å²) in [4.78, 5) is 24.7. The van der Waals surface area contributed by atoms with Crippen molar-refractivity contribution in [3.8, 4) is 5.75 Å². The number of carbonyl (C=O) groups is 2. The third kappa shape index (κ3) is 7.19. The number of rotatable bonds is 11. The van der Waals surface area contributed by atoms with Crippen molar-refractivity contribution in [2.75, 3.05) is 13.2 Å². The van der Waals surface area contributed by atoms with Crippen molar-refractivity contribution in [1.29, 1.82) is 0 Å². The van der Waals surface area contributed by atoms with Gasteiger partial charge < -0.3 is 9.47 Å². The smallest absolute Gasteiger partial charge is 0.201 e. The van der Waals surface area contributed by atoms with Crippen LogP contribution in [-0.4, -0.2) is 30.4 Å². The van der Waals surface area contributed by atoms with E-state index < -0.39 is 5.60 Å². The molecule has 0 spiro atoms. The Kier molecular flexibility index (Phi) is 9.17. The van der Waals surface area contributed by atoms with Crippen molar-refractivity contribution in [1.82, 2.24) is 0 Å². The lowest BCUT2D eigenvalue weighted by Gasteiger charge is -2.23. The van der Waals surface area contributed by atoms with Crippen LogP contribution in [0.4, 0.5) is 0 Å². The SMILES string of the molecule is C=C/C(=C\C=C/C)C(=O)c1ccc(OCC(=O)C(C)(C)OC/C=C\C)cc1. The minimum Gasteiger partial charge on any atom is -0.486 e. The third-order valence-corrected chi connectivity index (χ3v) is 3.88. The molecule has 0 saturated heterocycles. The molecule has 0 radical (unpaired) electrons. The van der Waals surface area contributed by atoms with Gasteiger partial charge in [0.05, 0.1) is 6.61 Å². The Bertz CT molecular complexity index is 734. The first kappa shape index (κ1) is 22.3. The van der Waals surface area contributed by atoms with Crippen LogP contribution in [0.25, 0.3) is 0 Å². The summed E-state index contributed by atoms with van der Waals surface area (Å²) in [6.45, 7) is 11.2. The highest BCUT2D eigenvalue weighted by atomic mass is 16.5. The van der Waals surface area contributed by atoms with E-state index in [1.165, 1.54) is 6.08 Å². The summed E-state index contributed by atoms with van der Waals surface area (Å²) in [5.41, 5.74) is 0.114. The largest absolute Gasteiger partial charge is 0.486 e. The van der Waals surface area contributed by atoms with Crippen LogP contribution in [0.15, 0.2) is 72.9 Å². The standard InChI is InChI=1S/C23H28O4/c1-6-9-11-18(8-3)22(25)19-12-14-20(15-13-19)26-17-21(24)23(4,5)27-16-10-7-2/h6-15H,3,16-17H2,1-2,4-5H3/b9-6-,10-7-,18-11+. The molecule has 4 heteroatoms. The molecule has 0 aliphatic heterocycles. The molecule has 144 valence electrons. The Balaban J connectivity index is 2.70. The zero-order valence-corrected chi connectivity index (χ0v) is 16.5. The molecule has 0 heterocycles. The van der Waals surface area contributed by atoms with Crippen molar-refractivity contribution < 1.29 is 19.1 Å². The molecule has 1 rings (SSSR count). The fourth-order valence-corrected chi connectivity index (χ4v) is 2.06. The molecule has 1 aromatic rings. The summed E-state index contributed by atoms with van der Waals surface area (Å²) >= 11 is 0. The monoisotopic (exact) mass is 368 g/mol. The van der Waals surface area contributed by atoms with E-state index in [9.17, 15) is 9.59 Å². The number of benzene rings is 1. The molecule has 0 N–H and O–H groups in total. The summed E-state index contributed by atoms with van der Waals surface area (Å²) < 4.78 is 11.1. The molecule has 1 aromatic carbocycles. The van der Waals surface area contributed by atoms with E-state index in [0.717, 1.165) is 0 Å². The zero-order valence-electron chi connectivity index (χ0n) is 16.5. The summed E-state index contributed by atoms with van der Waals surface area (Å²) in [5.74, 6) is 0.237. The summed E-state index contributed by atoms with van der Waals surface area (Å²) in [7, 11) is 0. The predicted molar refractivity (Wildman–Crippen MR) is 109 cm³/mol. The Morgan fingerprint density at radius 2 is 1.78 bits per heavy atom. The first-order chi connectivity index (χ1) is 12.9. The Labute approximate surface area is 161 Å². The van der Waals surface area contributed by atoms with Gasteiger partial charge in [0, 0.05) is 11.1 Å². The minimum absolute atomic E-state index is 0.102. The van der Waals surface area contributed by atoms with Crippen molar-refractivity contribution in [3.05, 3.63) is 78.4 Å². The maximum atomic E-state index is 12.4. The molecule has 0 saturated carbocycles. The number of hydrogen-bond acceptors (Lipinski definition) is 4. The quantitative estimate of drug-likeness (QED) is 0.242. The van der Waals surface area contributed by atoms with Crippen LogP contribution in [0, 0.1) is 0 Å². The topological polar surface area (TPSA) is 52.6 Å². The number of ketones is 2. The molecule has 0 amide bonds. The van der Waals surface area contributed by atoms with Gasteiger partial charge in [-0.1, -0.05) is 43.0 Å². The second-order valence-electron chi connectivity index (χ2n) is 6.31. The molecule has 0 unspecified atom stereocenters. The van der Waals surface area contributed by atoms with Crippen LogP contribution < -0.4 is 4.74 Å². The van der Waals surface area contributed by atoms with E-state index in [4.69, 9.17) is 9.47 Å². The summed E-state index contributed by atoms with van der Waals surface area (Å²) in [6.07, 6.45) is 10.6. The van der Waals surface area contributed by atoms with E-state index in [-0.39, 0.29) is 18.2 Å². The average molecular weight is 368 g/mol. The summed E-state index contributed by atoms with van der Waals surface area (Å²) in [5, 5.41) is 0. The lowest BCUT2D eigenvalue weighted by Crippen LogP contribution is -2.38. The fourth-order valence-electron chi connectivity index (χ4n) is 2.06. The van der Waals surface area contributed by atoms with Gasteiger partial charge in [-0.05, 0) is 52.0 Å². The molecule has 0 aromatic heterocycles. The normalized spacial score (nSPS) is 12.5. The molecule has 0 bridgehead atoms. The first-order valence-electron chi connectivity index (χ1n) is 8.87. The third-order valence-electron chi connectivity index (χ3n) is 3.88. The van der Waals surface area contributed by atoms with Gasteiger partial charge in [-0.2, -0.15) is 0 Å². The van der Waals surface area contributed by atoms with E-state index in [1.807, 2.05) is 32.1 Å². The van der Waals surface area contributed by atoms with Crippen LogP contribution in [-0.2, 0) is 9.53 Å². The maximum Gasteiger partial charge on any atom is 0.201 e. The highest BCUT2D eigenvalue weighted by Gasteiger charge is 2.28. The van der Waals surface area contributed by atoms with E-state index >= 15 is 0 Å². The van der Waals surface area contributed by atoms with Gasteiger partial charge in [0.2, 0.25) is 5.78 Å². The van der Waals surface area contributed by atoms with Gasteiger partial charge in [0.25, 0.3) is 0 Å². The molecular formula is C23H28O4. The van der Waals surface area contributed by atoms with Crippen LogP contribution in [0.3, 0.4) is 0 Å². The lowest BCUT2D eigenvalue weighted by molar-refractivity contribution is -0.141. The Morgan fingerprint density at radius 1 is 1.11 bits per heavy atom. The van der Waals surface area contributed by atoms with Crippen LogP contribution in [0.2, 0.25) is 0 Å². The Morgan fingerprint density at radius 3 is 2.33 bits per heavy atom. The first-order valence-corrected chi connectivity index (χ1v) is 8.87. The Hall–Kier alpha value is -2.72. The number of Topliss-reactive ketones (excluding diaryl/α,β-unsaturated/α-hetero) is 2. The highest BCUT2D eigenvalue weighted by Crippen LogP contribution is 2.17. The molecule has 0 atom stereocenters. The number of ether oxygens (including phenoxy) is 2. The van der Waals surface area contributed by atoms with Gasteiger partial charge in [-0.25, -0.2) is 0 Å². The maximum absolute atomic E-state index is 12.4. The van der Waals surface area contributed by atoms with E-state index in [2.05, 4.69) is 6.58 Å². The summed E-state index contributed by atoms with van der Waals surface area (Å²) in [6, 6.07) is 6.68. The predicted octanol–water partition coefficient (Wildman–Crippen LogP) is 4.88. The minimum atomic E-state index is -0.925. The molecule has 0 aliphatic rings. The van der Waals surface area contributed by atoms with Crippen molar-refractivity contribution >= 4 is 11.6 Å². The lowest BCUT2D eigenvalue weighted by atomic mass is 10.0. The van der Waals surface area contributed by atoms with Crippen LogP contribution >= 0.6 is 0 Å². The fraction of sp³-hybridized carbons (Fsp3) is 0.304. The molecule has 0 fully saturated rings. The molecule has 4 nitrogen and oxygen atoms in total. The van der Waals surface area contributed by atoms with Gasteiger partial charge in [0.1, 0.15) is 18.0 Å². The number of carbonyl (C=O) groups excluding carboxylic acids is 2. The second kappa shape index (κ2) is 11.1. The van der Waals surface area contributed by atoms with Gasteiger partial charge in [-0.15, -0.1) is 0 Å². The van der Waals surface area contributed by atoms with E-state index in [1.54, 1.807) is 50.3 Å². The van der Waals surface area contributed by atoms with Crippen LogP contribution in [0.5, 0.6) is 5.75 Å². The average Bonchev–Trinajstić information content (AvgIpc) is 2.67. The number of allylic oxidation sites excluding steroid dienone is 6.